The van der Waals surface area contributed by atoms with Crippen molar-refractivity contribution < 1.29 is 23.8 Å². The van der Waals surface area contributed by atoms with E-state index >= 15 is 0 Å². The normalized spacial score (nSPS) is 23.3. The fourth-order valence-electron chi connectivity index (χ4n) is 2.65. The zero-order valence-electron chi connectivity index (χ0n) is 10.5. The van der Waals surface area contributed by atoms with Crippen molar-refractivity contribution in [2.45, 2.75) is 12.2 Å². The number of hydrogen-bond acceptors (Lipinski definition) is 5. The second kappa shape index (κ2) is 4.20. The van der Waals surface area contributed by atoms with E-state index in [1.165, 1.54) is 14.2 Å². The Bertz CT molecular complexity index is 551. The summed E-state index contributed by atoms with van der Waals surface area (Å²) in [6.45, 7) is 0. The Balaban J connectivity index is 2.16. The summed E-state index contributed by atoms with van der Waals surface area (Å²) >= 11 is 0. The lowest BCUT2D eigenvalue weighted by Gasteiger charge is -2.16. The van der Waals surface area contributed by atoms with E-state index in [2.05, 4.69) is 0 Å². The van der Waals surface area contributed by atoms with Gasteiger partial charge in [0.2, 0.25) is 0 Å². The molecular formula is C14H12O5. The smallest absolute Gasteiger partial charge is 0.337 e. The van der Waals surface area contributed by atoms with Gasteiger partial charge in [-0.15, -0.1) is 0 Å². The quantitative estimate of drug-likeness (QED) is 0.753. The zero-order chi connectivity index (χ0) is 13.6. The molecule has 0 fully saturated rings. The highest BCUT2D eigenvalue weighted by atomic mass is 16.5. The molecule has 0 saturated heterocycles. The largest absolute Gasteiger partial charge is 0.466 e. The standard InChI is InChI=1S/C14H12O5/c1-17-13(15)9-10(14(16)18-2)12-8-6-4-3-5-7(8)11(9)19-12/h3-6,11-12H,1-2H3. The van der Waals surface area contributed by atoms with Gasteiger partial charge in [-0.25, -0.2) is 9.59 Å². The minimum Gasteiger partial charge on any atom is -0.466 e. The highest BCUT2D eigenvalue weighted by Gasteiger charge is 2.50. The van der Waals surface area contributed by atoms with E-state index in [4.69, 9.17) is 14.2 Å². The Labute approximate surface area is 109 Å². The van der Waals surface area contributed by atoms with Crippen molar-refractivity contribution in [3.8, 4) is 0 Å². The van der Waals surface area contributed by atoms with Crippen molar-refractivity contribution in [2.75, 3.05) is 14.2 Å². The van der Waals surface area contributed by atoms with E-state index in [1.807, 2.05) is 24.3 Å². The van der Waals surface area contributed by atoms with Crippen LogP contribution in [-0.2, 0) is 23.8 Å². The maximum atomic E-state index is 11.9. The zero-order valence-corrected chi connectivity index (χ0v) is 10.5. The van der Waals surface area contributed by atoms with Gasteiger partial charge in [0.1, 0.15) is 12.2 Å². The van der Waals surface area contributed by atoms with Crippen LogP contribution in [0.25, 0.3) is 0 Å². The summed E-state index contributed by atoms with van der Waals surface area (Å²) in [5.74, 6) is -1.11. The highest BCUT2D eigenvalue weighted by molar-refractivity contribution is 6.04. The second-order valence-corrected chi connectivity index (χ2v) is 4.34. The van der Waals surface area contributed by atoms with Crippen LogP contribution in [0.3, 0.4) is 0 Å². The summed E-state index contributed by atoms with van der Waals surface area (Å²) in [5.41, 5.74) is 2.30. The Morgan fingerprint density at radius 1 is 0.947 bits per heavy atom. The fraction of sp³-hybridized carbons (Fsp3) is 0.286. The van der Waals surface area contributed by atoms with Crippen LogP contribution in [0.5, 0.6) is 0 Å². The first-order valence-corrected chi connectivity index (χ1v) is 5.84. The van der Waals surface area contributed by atoms with Crippen LogP contribution < -0.4 is 0 Å². The monoisotopic (exact) mass is 260 g/mol. The van der Waals surface area contributed by atoms with Gasteiger partial charge in [0.15, 0.2) is 0 Å². The second-order valence-electron chi connectivity index (χ2n) is 4.34. The molecule has 1 aromatic carbocycles. The molecular weight excluding hydrogens is 248 g/mol. The number of ether oxygens (including phenoxy) is 3. The van der Waals surface area contributed by atoms with Crippen LogP contribution in [0.1, 0.15) is 23.3 Å². The van der Waals surface area contributed by atoms with E-state index in [-0.39, 0.29) is 11.1 Å². The molecule has 0 saturated carbocycles. The van der Waals surface area contributed by atoms with Gasteiger partial charge in [-0.3, -0.25) is 0 Å². The fourth-order valence-corrected chi connectivity index (χ4v) is 2.65. The van der Waals surface area contributed by atoms with E-state index in [0.29, 0.717) is 0 Å². The number of benzene rings is 1. The molecule has 2 aliphatic rings. The third-order valence-corrected chi connectivity index (χ3v) is 3.46. The minimum atomic E-state index is -0.553. The molecule has 2 heterocycles. The summed E-state index contributed by atoms with van der Waals surface area (Å²) in [7, 11) is 2.56. The summed E-state index contributed by atoms with van der Waals surface area (Å²) in [4.78, 5) is 23.8. The minimum absolute atomic E-state index is 0.248. The Kier molecular flexibility index (Phi) is 2.64. The number of methoxy groups -OCH3 is 2. The predicted molar refractivity (Wildman–Crippen MR) is 64.1 cm³/mol. The van der Waals surface area contributed by atoms with Crippen molar-refractivity contribution >= 4 is 11.9 Å². The van der Waals surface area contributed by atoms with Crippen LogP contribution in [0.15, 0.2) is 35.4 Å². The molecule has 5 heteroatoms. The molecule has 98 valence electrons. The highest BCUT2D eigenvalue weighted by Crippen LogP contribution is 2.54. The molecule has 19 heavy (non-hydrogen) atoms. The number of fused-ring (bicyclic) bond motifs is 5. The van der Waals surface area contributed by atoms with Crippen LogP contribution in [0.2, 0.25) is 0 Å². The number of rotatable bonds is 2. The SMILES string of the molecule is COC(=O)C1=C(C(=O)OC)C2OC1c1ccccc12. The summed E-state index contributed by atoms with van der Waals surface area (Å²) in [6.07, 6.45) is -1.08. The number of esters is 2. The van der Waals surface area contributed by atoms with Gasteiger partial charge in [0.25, 0.3) is 0 Å². The van der Waals surface area contributed by atoms with Gasteiger partial charge in [-0.2, -0.15) is 0 Å². The van der Waals surface area contributed by atoms with Crippen molar-refractivity contribution in [3.05, 3.63) is 46.5 Å². The molecule has 0 amide bonds. The predicted octanol–water partition coefficient (Wildman–Crippen LogP) is 1.46. The lowest BCUT2D eigenvalue weighted by atomic mass is 9.86. The molecule has 0 N–H and O–H groups in total. The van der Waals surface area contributed by atoms with Crippen LogP contribution >= 0.6 is 0 Å². The molecule has 2 bridgehead atoms. The third-order valence-electron chi connectivity index (χ3n) is 3.46. The van der Waals surface area contributed by atoms with Crippen LogP contribution in [0.4, 0.5) is 0 Å². The molecule has 0 spiro atoms. The van der Waals surface area contributed by atoms with Crippen LogP contribution in [-0.4, -0.2) is 26.2 Å². The van der Waals surface area contributed by atoms with Crippen LogP contribution in [0, 0.1) is 0 Å². The topological polar surface area (TPSA) is 61.8 Å². The Morgan fingerprint density at radius 2 is 1.37 bits per heavy atom. The molecule has 2 aliphatic heterocycles. The van der Waals surface area contributed by atoms with E-state index < -0.39 is 24.1 Å². The number of carbonyl (C=O) groups excluding carboxylic acids is 2. The third kappa shape index (κ3) is 1.51. The molecule has 5 nitrogen and oxygen atoms in total. The van der Waals surface area contributed by atoms with Crippen molar-refractivity contribution in [3.63, 3.8) is 0 Å². The van der Waals surface area contributed by atoms with Gasteiger partial charge in [-0.05, 0) is 11.1 Å². The summed E-state index contributed by atoms with van der Waals surface area (Å²) < 4.78 is 15.2. The summed E-state index contributed by atoms with van der Waals surface area (Å²) in [6, 6.07) is 7.51. The molecule has 2 atom stereocenters. The van der Waals surface area contributed by atoms with Gasteiger partial charge in [-0.1, -0.05) is 24.3 Å². The Morgan fingerprint density at radius 3 is 1.74 bits per heavy atom. The van der Waals surface area contributed by atoms with Crippen molar-refractivity contribution in [1.29, 1.82) is 0 Å². The first-order chi connectivity index (χ1) is 9.19. The maximum Gasteiger partial charge on any atom is 0.337 e. The van der Waals surface area contributed by atoms with E-state index in [1.54, 1.807) is 0 Å². The lowest BCUT2D eigenvalue weighted by molar-refractivity contribution is -0.139. The van der Waals surface area contributed by atoms with Crippen molar-refractivity contribution in [2.24, 2.45) is 0 Å². The van der Waals surface area contributed by atoms with Gasteiger partial charge < -0.3 is 14.2 Å². The molecule has 0 radical (unpaired) electrons. The van der Waals surface area contributed by atoms with Gasteiger partial charge >= 0.3 is 11.9 Å². The number of hydrogen-bond donors (Lipinski definition) is 0. The van der Waals surface area contributed by atoms with Gasteiger partial charge in [0, 0.05) is 0 Å². The Hall–Kier alpha value is -2.14. The first-order valence-electron chi connectivity index (χ1n) is 5.84. The molecule has 3 rings (SSSR count). The van der Waals surface area contributed by atoms with Crippen molar-refractivity contribution in [1.82, 2.24) is 0 Å². The molecule has 0 aromatic heterocycles. The lowest BCUT2D eigenvalue weighted by Crippen LogP contribution is -2.19. The average Bonchev–Trinajstić information content (AvgIpc) is 3.02. The average molecular weight is 260 g/mol. The van der Waals surface area contributed by atoms with Gasteiger partial charge in [0.05, 0.1) is 25.4 Å². The van der Waals surface area contributed by atoms with E-state index in [9.17, 15) is 9.59 Å². The first kappa shape index (κ1) is 11.9. The number of carbonyl (C=O) groups is 2. The maximum absolute atomic E-state index is 11.9. The summed E-state index contributed by atoms with van der Waals surface area (Å²) in [5, 5.41) is 0. The molecule has 2 unspecified atom stereocenters. The molecule has 0 aliphatic carbocycles. The molecule has 1 aromatic rings. The van der Waals surface area contributed by atoms with E-state index in [0.717, 1.165) is 11.1 Å².